The van der Waals surface area contributed by atoms with Crippen molar-refractivity contribution in [2.24, 2.45) is 0 Å². The van der Waals surface area contributed by atoms with Crippen LogP contribution >= 0.6 is 0 Å². The zero-order chi connectivity index (χ0) is 17.7. The summed E-state index contributed by atoms with van der Waals surface area (Å²) in [6.45, 7) is 4.97. The molecule has 1 heterocycles. The zero-order valence-electron chi connectivity index (χ0n) is 14.4. The molecule has 2 atom stereocenters. The second-order valence-electron chi connectivity index (χ2n) is 5.72. The highest BCUT2D eigenvalue weighted by molar-refractivity contribution is 5.36. The summed E-state index contributed by atoms with van der Waals surface area (Å²) in [6, 6.07) is 6.75. The van der Waals surface area contributed by atoms with E-state index in [4.69, 9.17) is 0 Å². The van der Waals surface area contributed by atoms with Gasteiger partial charge in [-0.05, 0) is 33.3 Å². The van der Waals surface area contributed by atoms with Crippen LogP contribution in [0.25, 0.3) is 0 Å². The molecule has 0 aliphatic heterocycles. The smallest absolute Gasteiger partial charge is 0.387 e. The molecule has 0 unspecified atom stereocenters. The summed E-state index contributed by atoms with van der Waals surface area (Å²) in [4.78, 5) is 8.63. The van der Waals surface area contributed by atoms with Gasteiger partial charge >= 0.3 is 6.61 Å². The van der Waals surface area contributed by atoms with Crippen LogP contribution in [0.5, 0.6) is 5.75 Å². The maximum absolute atomic E-state index is 12.6. The van der Waals surface area contributed by atoms with Gasteiger partial charge in [0.05, 0.1) is 0 Å². The lowest BCUT2D eigenvalue weighted by molar-refractivity contribution is -0.0507. The third kappa shape index (κ3) is 4.47. The Morgan fingerprint density at radius 3 is 2.50 bits per heavy atom. The van der Waals surface area contributed by atoms with Crippen LogP contribution in [-0.2, 0) is 0 Å². The molecule has 2 aromatic rings. The largest absolute Gasteiger partial charge is 0.434 e. The first kappa shape index (κ1) is 18.3. The van der Waals surface area contributed by atoms with Crippen molar-refractivity contribution in [2.75, 3.05) is 0 Å². The van der Waals surface area contributed by atoms with Gasteiger partial charge in [-0.1, -0.05) is 25.1 Å². The highest BCUT2D eigenvalue weighted by Gasteiger charge is 2.20. The molecule has 1 aromatic carbocycles. The van der Waals surface area contributed by atoms with Crippen molar-refractivity contribution in [1.82, 2.24) is 15.3 Å². The summed E-state index contributed by atoms with van der Waals surface area (Å²) in [5.41, 5.74) is 2.62. The van der Waals surface area contributed by atoms with E-state index >= 15 is 0 Å². The minimum Gasteiger partial charge on any atom is -0.434 e. The molecule has 24 heavy (non-hydrogen) atoms. The first-order valence-electron chi connectivity index (χ1n) is 8.02. The number of nitrogens with zero attached hydrogens (tertiary/aromatic N) is 2. The first-order chi connectivity index (χ1) is 11.4. The van der Waals surface area contributed by atoms with Gasteiger partial charge in [0.25, 0.3) is 0 Å². The number of benzene rings is 1. The van der Waals surface area contributed by atoms with Crippen LogP contribution in [0.3, 0.4) is 0 Å². The Kier molecular flexibility index (Phi) is 6.20. The fraction of sp³-hybridized carbons (Fsp3) is 0.444. The van der Waals surface area contributed by atoms with Crippen molar-refractivity contribution in [2.45, 2.75) is 52.8 Å². The van der Waals surface area contributed by atoms with Crippen molar-refractivity contribution in [3.05, 3.63) is 53.1 Å². The first-order valence-corrected chi connectivity index (χ1v) is 8.02. The monoisotopic (exact) mass is 335 g/mol. The number of nitrogens with one attached hydrogen (secondary N) is 1. The molecular weight excluding hydrogens is 312 g/mol. The molecule has 0 amide bonds. The Balaban J connectivity index is 2.23. The maximum Gasteiger partial charge on any atom is 0.387 e. The minimum atomic E-state index is -2.84. The molecule has 0 bridgehead atoms. The number of hydrogen-bond acceptors (Lipinski definition) is 4. The minimum absolute atomic E-state index is 0.0184. The summed E-state index contributed by atoms with van der Waals surface area (Å²) in [5.74, 6) is 0.932. The third-order valence-electron chi connectivity index (χ3n) is 3.97. The zero-order valence-corrected chi connectivity index (χ0v) is 14.4. The highest BCUT2D eigenvalue weighted by atomic mass is 19.3. The predicted octanol–water partition coefficient (Wildman–Crippen LogP) is 4.50. The number of aromatic nitrogens is 2. The summed E-state index contributed by atoms with van der Waals surface area (Å²) in [5, 5.41) is 3.47. The second kappa shape index (κ2) is 8.15. The fourth-order valence-corrected chi connectivity index (χ4v) is 2.81. The topological polar surface area (TPSA) is 47.0 Å². The fourth-order valence-electron chi connectivity index (χ4n) is 2.81. The second-order valence-corrected chi connectivity index (χ2v) is 5.72. The van der Waals surface area contributed by atoms with Crippen LogP contribution in [-0.4, -0.2) is 16.6 Å². The highest BCUT2D eigenvalue weighted by Crippen LogP contribution is 2.30. The summed E-state index contributed by atoms with van der Waals surface area (Å²) >= 11 is 0. The molecule has 4 nitrogen and oxygen atoms in total. The van der Waals surface area contributed by atoms with Gasteiger partial charge in [0.15, 0.2) is 0 Å². The molecule has 0 aliphatic carbocycles. The van der Waals surface area contributed by atoms with Gasteiger partial charge in [0, 0.05) is 35.1 Å². The van der Waals surface area contributed by atoms with E-state index < -0.39 is 6.61 Å². The molecule has 1 N–H and O–H groups in total. The summed E-state index contributed by atoms with van der Waals surface area (Å²) < 4.78 is 29.9. The van der Waals surface area contributed by atoms with E-state index in [9.17, 15) is 8.78 Å². The number of alkyl halides is 2. The van der Waals surface area contributed by atoms with Crippen LogP contribution in [0.4, 0.5) is 8.78 Å². The van der Waals surface area contributed by atoms with Crippen molar-refractivity contribution in [3.63, 3.8) is 0 Å². The number of aryl methyl sites for hydroxylation is 2. The molecular formula is C18H23F2N3O. The van der Waals surface area contributed by atoms with Crippen LogP contribution < -0.4 is 10.1 Å². The molecule has 0 saturated heterocycles. The molecule has 2 rings (SSSR count). The van der Waals surface area contributed by atoms with E-state index in [1.54, 1.807) is 12.1 Å². The molecule has 6 heteroatoms. The summed E-state index contributed by atoms with van der Waals surface area (Å²) in [7, 11) is 0. The lowest BCUT2D eigenvalue weighted by Gasteiger charge is -2.25. The number of ether oxygens (including phenoxy) is 1. The Labute approximate surface area is 141 Å². The van der Waals surface area contributed by atoms with E-state index in [0.717, 1.165) is 29.1 Å². The Morgan fingerprint density at radius 1 is 1.17 bits per heavy atom. The van der Waals surface area contributed by atoms with Crippen LogP contribution in [0, 0.1) is 13.8 Å². The van der Waals surface area contributed by atoms with Gasteiger partial charge < -0.3 is 10.1 Å². The number of halogens is 2. The van der Waals surface area contributed by atoms with Crippen LogP contribution in [0.2, 0.25) is 0 Å². The molecule has 0 spiro atoms. The van der Waals surface area contributed by atoms with Gasteiger partial charge in [-0.2, -0.15) is 8.78 Å². The van der Waals surface area contributed by atoms with E-state index in [1.807, 2.05) is 46.0 Å². The van der Waals surface area contributed by atoms with Gasteiger partial charge in [-0.15, -0.1) is 0 Å². The molecule has 0 aliphatic rings. The average molecular weight is 335 g/mol. The SMILES string of the molecule is CC[C@@H](N[C@@H](C)c1cnc(C)nc1C)c1ccccc1OC(F)F. The standard InChI is InChI=1S/C18H23F2N3O/c1-5-16(14-8-6-7-9-17(14)24-18(19)20)23-12(3)15-10-21-13(4)22-11(15)2/h6-10,12,16,18,23H,5H2,1-4H3/t12-,16+/m0/s1. The Bertz CT molecular complexity index is 679. The van der Waals surface area contributed by atoms with Gasteiger partial charge in [0.2, 0.25) is 0 Å². The number of hydrogen-bond donors (Lipinski definition) is 1. The van der Waals surface area contributed by atoms with Crippen molar-refractivity contribution in [1.29, 1.82) is 0 Å². The van der Waals surface area contributed by atoms with Crippen molar-refractivity contribution < 1.29 is 13.5 Å². The molecule has 130 valence electrons. The number of para-hydroxylation sites is 1. The lowest BCUT2D eigenvalue weighted by atomic mass is 10.0. The molecule has 1 aromatic heterocycles. The quantitative estimate of drug-likeness (QED) is 0.809. The van der Waals surface area contributed by atoms with E-state index in [-0.39, 0.29) is 17.8 Å². The predicted molar refractivity (Wildman–Crippen MR) is 89.2 cm³/mol. The van der Waals surface area contributed by atoms with Gasteiger partial charge in [0.1, 0.15) is 11.6 Å². The van der Waals surface area contributed by atoms with E-state index in [2.05, 4.69) is 20.0 Å². The van der Waals surface area contributed by atoms with Crippen molar-refractivity contribution >= 4 is 0 Å². The molecule has 0 saturated carbocycles. The van der Waals surface area contributed by atoms with E-state index in [0.29, 0.717) is 0 Å². The normalized spacial score (nSPS) is 13.8. The Morgan fingerprint density at radius 2 is 1.88 bits per heavy atom. The van der Waals surface area contributed by atoms with Gasteiger partial charge in [-0.25, -0.2) is 9.97 Å². The van der Waals surface area contributed by atoms with Crippen LogP contribution in [0.15, 0.2) is 30.5 Å². The van der Waals surface area contributed by atoms with Gasteiger partial charge in [-0.3, -0.25) is 0 Å². The Hall–Kier alpha value is -2.08. The molecule has 0 radical (unpaired) electrons. The van der Waals surface area contributed by atoms with Crippen LogP contribution in [0.1, 0.15) is 55.0 Å². The lowest BCUT2D eigenvalue weighted by Crippen LogP contribution is -2.26. The third-order valence-corrected chi connectivity index (χ3v) is 3.97. The van der Waals surface area contributed by atoms with E-state index in [1.165, 1.54) is 0 Å². The maximum atomic E-state index is 12.6. The number of rotatable bonds is 7. The average Bonchev–Trinajstić information content (AvgIpc) is 2.52. The molecule has 0 fully saturated rings. The van der Waals surface area contributed by atoms with Crippen molar-refractivity contribution in [3.8, 4) is 5.75 Å². The summed E-state index contributed by atoms with van der Waals surface area (Å²) in [6.07, 6.45) is 2.54.